The summed E-state index contributed by atoms with van der Waals surface area (Å²) in [6.07, 6.45) is 0.320. The van der Waals surface area contributed by atoms with Crippen molar-refractivity contribution in [2.24, 2.45) is 0 Å². The molecule has 0 saturated heterocycles. The molecule has 5 nitrogen and oxygen atoms in total. The summed E-state index contributed by atoms with van der Waals surface area (Å²) in [7, 11) is 1.73. The Morgan fingerprint density at radius 3 is 2.89 bits per heavy atom. The van der Waals surface area contributed by atoms with Gasteiger partial charge in [-0.3, -0.25) is 9.89 Å². The molecule has 0 bridgehead atoms. The Morgan fingerprint density at radius 1 is 1.47 bits per heavy atom. The fraction of sp³-hybridized carbons (Fsp3) is 0.308. The van der Waals surface area contributed by atoms with Crippen molar-refractivity contribution in [1.82, 2.24) is 20.1 Å². The molecule has 0 radical (unpaired) electrons. The molecule has 0 aliphatic carbocycles. The average molecular weight is 279 g/mol. The van der Waals surface area contributed by atoms with Crippen LogP contribution in [-0.4, -0.2) is 33.0 Å². The zero-order chi connectivity index (χ0) is 13.8. The smallest absolute Gasteiger partial charge is 0.227 e. The number of aryl methyl sites for hydroxylation is 1. The lowest BCUT2D eigenvalue weighted by atomic mass is 10.1. The molecule has 1 aromatic carbocycles. The Labute approximate surface area is 116 Å². The lowest BCUT2D eigenvalue weighted by Gasteiger charge is -2.15. The van der Waals surface area contributed by atoms with Gasteiger partial charge in [0.1, 0.15) is 5.82 Å². The van der Waals surface area contributed by atoms with E-state index in [0.717, 1.165) is 11.4 Å². The molecule has 0 spiro atoms. The Morgan fingerprint density at radius 2 is 2.26 bits per heavy atom. The number of halogens is 1. The van der Waals surface area contributed by atoms with E-state index in [1.807, 2.05) is 19.1 Å². The number of nitrogens with one attached hydrogen (secondary N) is 1. The molecule has 2 rings (SSSR count). The van der Waals surface area contributed by atoms with E-state index in [2.05, 4.69) is 15.2 Å². The van der Waals surface area contributed by atoms with E-state index in [-0.39, 0.29) is 5.91 Å². The molecule has 19 heavy (non-hydrogen) atoms. The monoisotopic (exact) mass is 278 g/mol. The van der Waals surface area contributed by atoms with Crippen LogP contribution in [0.5, 0.6) is 0 Å². The number of H-pyrrole nitrogens is 1. The molecule has 0 saturated carbocycles. The topological polar surface area (TPSA) is 61.9 Å². The largest absolute Gasteiger partial charge is 0.338 e. The minimum Gasteiger partial charge on any atom is -0.338 e. The lowest BCUT2D eigenvalue weighted by Crippen LogP contribution is -2.28. The Bertz CT molecular complexity index is 582. The van der Waals surface area contributed by atoms with E-state index in [4.69, 9.17) is 11.6 Å². The van der Waals surface area contributed by atoms with E-state index in [0.29, 0.717) is 23.8 Å². The molecule has 0 aliphatic heterocycles. The van der Waals surface area contributed by atoms with Crippen molar-refractivity contribution >= 4 is 17.5 Å². The highest BCUT2D eigenvalue weighted by molar-refractivity contribution is 6.30. The predicted molar refractivity (Wildman–Crippen MR) is 72.7 cm³/mol. The first kappa shape index (κ1) is 13.5. The van der Waals surface area contributed by atoms with Gasteiger partial charge < -0.3 is 4.90 Å². The molecule has 0 aliphatic rings. The van der Waals surface area contributed by atoms with Gasteiger partial charge >= 0.3 is 0 Å². The summed E-state index contributed by atoms with van der Waals surface area (Å²) in [6, 6.07) is 7.30. The van der Waals surface area contributed by atoms with Crippen LogP contribution >= 0.6 is 11.6 Å². The number of hydrogen-bond acceptors (Lipinski definition) is 3. The second-order valence-electron chi connectivity index (χ2n) is 4.39. The molecule has 1 amide bonds. The number of likely N-dealkylation sites (N-methyl/N-ethyl adjacent to an activating group) is 1. The van der Waals surface area contributed by atoms with Gasteiger partial charge in [-0.1, -0.05) is 23.7 Å². The van der Waals surface area contributed by atoms with Crippen molar-refractivity contribution in [3.05, 3.63) is 46.5 Å². The quantitative estimate of drug-likeness (QED) is 0.930. The average Bonchev–Trinajstić information content (AvgIpc) is 2.74. The number of nitrogens with zero attached hydrogens (tertiary/aromatic N) is 3. The minimum atomic E-state index is 0.00437. The van der Waals surface area contributed by atoms with Gasteiger partial charge in [-0.25, -0.2) is 4.98 Å². The van der Waals surface area contributed by atoms with Crippen molar-refractivity contribution in [3.8, 4) is 0 Å². The van der Waals surface area contributed by atoms with Gasteiger partial charge in [-0.05, 0) is 24.6 Å². The minimum absolute atomic E-state index is 0.00437. The first-order valence-corrected chi connectivity index (χ1v) is 6.28. The van der Waals surface area contributed by atoms with Gasteiger partial charge in [-0.15, -0.1) is 0 Å². The Balaban J connectivity index is 1.96. The van der Waals surface area contributed by atoms with E-state index < -0.39 is 0 Å². The molecule has 0 unspecified atom stereocenters. The Hall–Kier alpha value is -1.88. The number of hydrogen-bond donors (Lipinski definition) is 1. The van der Waals surface area contributed by atoms with Gasteiger partial charge in [-0.2, -0.15) is 5.10 Å². The normalized spacial score (nSPS) is 10.5. The number of aromatic amines is 1. The molecule has 1 heterocycles. The van der Waals surface area contributed by atoms with Crippen LogP contribution in [0.3, 0.4) is 0 Å². The van der Waals surface area contributed by atoms with Crippen molar-refractivity contribution in [3.63, 3.8) is 0 Å². The first-order chi connectivity index (χ1) is 9.04. The second-order valence-corrected chi connectivity index (χ2v) is 4.83. The summed E-state index contributed by atoms with van der Waals surface area (Å²) in [5.74, 6) is 1.36. The summed E-state index contributed by atoms with van der Waals surface area (Å²) in [6.45, 7) is 2.22. The zero-order valence-corrected chi connectivity index (χ0v) is 11.6. The maximum atomic E-state index is 12.1. The molecule has 1 N–H and O–H groups in total. The van der Waals surface area contributed by atoms with E-state index in [9.17, 15) is 4.79 Å². The van der Waals surface area contributed by atoms with E-state index >= 15 is 0 Å². The van der Waals surface area contributed by atoms with Crippen LogP contribution < -0.4 is 0 Å². The molecule has 100 valence electrons. The van der Waals surface area contributed by atoms with Gasteiger partial charge in [0.2, 0.25) is 5.91 Å². The number of carbonyl (C=O) groups excluding carboxylic acids is 1. The number of carbonyl (C=O) groups is 1. The molecule has 0 atom stereocenters. The van der Waals surface area contributed by atoms with Crippen LogP contribution in [0.15, 0.2) is 24.3 Å². The van der Waals surface area contributed by atoms with Crippen LogP contribution in [0, 0.1) is 6.92 Å². The maximum absolute atomic E-state index is 12.1. The number of benzene rings is 1. The van der Waals surface area contributed by atoms with Gasteiger partial charge in [0, 0.05) is 12.1 Å². The van der Waals surface area contributed by atoms with Crippen LogP contribution in [0.4, 0.5) is 0 Å². The van der Waals surface area contributed by atoms with Crippen LogP contribution in [0.25, 0.3) is 0 Å². The lowest BCUT2D eigenvalue weighted by molar-refractivity contribution is -0.129. The standard InChI is InChI=1S/C13H15ClN4O/c1-9-15-12(17-16-9)8-18(2)13(19)7-10-4-3-5-11(14)6-10/h3-6H,7-8H2,1-2H3,(H,15,16,17). The summed E-state index contributed by atoms with van der Waals surface area (Å²) in [5.41, 5.74) is 0.899. The third kappa shape index (κ3) is 3.79. The summed E-state index contributed by atoms with van der Waals surface area (Å²) in [4.78, 5) is 17.8. The Kier molecular flexibility index (Phi) is 4.16. The molecular weight excluding hydrogens is 264 g/mol. The highest BCUT2D eigenvalue weighted by Gasteiger charge is 2.12. The second kappa shape index (κ2) is 5.84. The SMILES string of the molecule is Cc1nc(CN(C)C(=O)Cc2cccc(Cl)c2)n[nH]1. The van der Waals surface area contributed by atoms with E-state index in [1.54, 1.807) is 24.1 Å². The summed E-state index contributed by atoms with van der Waals surface area (Å²) < 4.78 is 0. The van der Waals surface area contributed by atoms with Gasteiger partial charge in [0.25, 0.3) is 0 Å². The molecule has 1 aromatic heterocycles. The van der Waals surface area contributed by atoms with Crippen molar-refractivity contribution < 1.29 is 4.79 Å². The maximum Gasteiger partial charge on any atom is 0.227 e. The number of aromatic nitrogens is 3. The van der Waals surface area contributed by atoms with Crippen LogP contribution in [-0.2, 0) is 17.8 Å². The van der Waals surface area contributed by atoms with Crippen molar-refractivity contribution in [2.45, 2.75) is 19.9 Å². The van der Waals surface area contributed by atoms with Gasteiger partial charge in [0.05, 0.1) is 13.0 Å². The molecule has 0 fully saturated rings. The fourth-order valence-corrected chi connectivity index (χ4v) is 1.93. The number of amides is 1. The van der Waals surface area contributed by atoms with Gasteiger partial charge in [0.15, 0.2) is 5.82 Å². The summed E-state index contributed by atoms with van der Waals surface area (Å²) >= 11 is 5.89. The third-order valence-electron chi connectivity index (χ3n) is 2.69. The molecule has 2 aromatic rings. The highest BCUT2D eigenvalue weighted by atomic mass is 35.5. The van der Waals surface area contributed by atoms with Crippen LogP contribution in [0.1, 0.15) is 17.2 Å². The van der Waals surface area contributed by atoms with Crippen molar-refractivity contribution in [2.75, 3.05) is 7.05 Å². The first-order valence-electron chi connectivity index (χ1n) is 5.91. The highest BCUT2D eigenvalue weighted by Crippen LogP contribution is 2.12. The van der Waals surface area contributed by atoms with Crippen molar-refractivity contribution in [1.29, 1.82) is 0 Å². The fourth-order valence-electron chi connectivity index (χ4n) is 1.72. The zero-order valence-electron chi connectivity index (χ0n) is 10.9. The molecular formula is C13H15ClN4O. The number of rotatable bonds is 4. The summed E-state index contributed by atoms with van der Waals surface area (Å²) in [5, 5.41) is 7.40. The molecule has 6 heteroatoms. The third-order valence-corrected chi connectivity index (χ3v) is 2.93. The predicted octanol–water partition coefficient (Wildman–Crippen LogP) is 1.97. The van der Waals surface area contributed by atoms with E-state index in [1.165, 1.54) is 0 Å². The van der Waals surface area contributed by atoms with Crippen LogP contribution in [0.2, 0.25) is 5.02 Å².